The maximum absolute atomic E-state index is 10.3. The van der Waals surface area contributed by atoms with Crippen molar-refractivity contribution >= 4 is 12.6 Å². The molecule has 1 aliphatic carbocycles. The average molecular weight is 574 g/mol. The van der Waals surface area contributed by atoms with Crippen LogP contribution in [-0.4, -0.2) is 77.1 Å². The van der Waals surface area contributed by atoms with E-state index in [0.717, 1.165) is 38.4 Å². The summed E-state index contributed by atoms with van der Waals surface area (Å²) in [5, 5.41) is 12.6. The van der Waals surface area contributed by atoms with Crippen LogP contribution < -0.4 is 15.4 Å². The molecule has 1 atom stereocenters. The lowest BCUT2D eigenvalue weighted by molar-refractivity contribution is -0.111. The highest BCUT2D eigenvalue weighted by molar-refractivity contribution is 5.58. The largest absolute Gasteiger partial charge is 0.497 e. The molecule has 4 rings (SSSR count). The van der Waals surface area contributed by atoms with Crippen molar-refractivity contribution in [1.29, 1.82) is 0 Å². The summed E-state index contributed by atoms with van der Waals surface area (Å²) in [6.07, 6.45) is 8.30. The van der Waals surface area contributed by atoms with E-state index in [-0.39, 0.29) is 11.5 Å². The number of hydrogen-bond donors (Lipinski definition) is 3. The monoisotopic (exact) mass is 573 g/mol. The second-order valence-electron chi connectivity index (χ2n) is 10.6. The van der Waals surface area contributed by atoms with E-state index < -0.39 is 0 Å². The van der Waals surface area contributed by atoms with Crippen LogP contribution >= 0.6 is 0 Å². The molecule has 0 fully saturated rings. The number of fused-ring (bicyclic) bond motifs is 2. The fourth-order valence-corrected chi connectivity index (χ4v) is 4.27. The molecule has 1 aliphatic heterocycles. The van der Waals surface area contributed by atoms with Crippen molar-refractivity contribution < 1.29 is 19.4 Å². The highest BCUT2D eigenvalue weighted by Gasteiger charge is 2.21. The molecule has 7 nitrogen and oxygen atoms in total. The summed E-state index contributed by atoms with van der Waals surface area (Å²) in [4.78, 5) is 22.0. The van der Waals surface area contributed by atoms with E-state index in [1.165, 1.54) is 43.4 Å². The predicted octanol–water partition coefficient (Wildman–Crippen LogP) is 5.11. The molecule has 41 heavy (non-hydrogen) atoms. The van der Waals surface area contributed by atoms with Crippen molar-refractivity contribution in [2.45, 2.75) is 79.3 Å². The third kappa shape index (κ3) is 17.8. The van der Waals surface area contributed by atoms with Gasteiger partial charge in [-0.2, -0.15) is 0 Å². The zero-order valence-electron chi connectivity index (χ0n) is 27.5. The van der Waals surface area contributed by atoms with Crippen LogP contribution in [0.4, 0.5) is 0 Å². The van der Waals surface area contributed by atoms with Gasteiger partial charge in [-0.3, -0.25) is 0 Å². The Balaban J connectivity index is 0. The number of ether oxygens (including phenoxy) is 1. The predicted molar refractivity (Wildman–Crippen MR) is 174 cm³/mol. The number of aldehydes is 2. The van der Waals surface area contributed by atoms with Crippen LogP contribution in [0.2, 0.25) is 0 Å². The van der Waals surface area contributed by atoms with E-state index >= 15 is 0 Å². The summed E-state index contributed by atoms with van der Waals surface area (Å²) in [6, 6.07) is 15.1. The number of rotatable bonds is 5. The van der Waals surface area contributed by atoms with Crippen molar-refractivity contribution in [3.63, 3.8) is 0 Å². The number of carbonyl (C=O) groups is 2. The first-order valence-corrected chi connectivity index (χ1v) is 14.8. The van der Waals surface area contributed by atoms with Crippen molar-refractivity contribution in [2.75, 3.05) is 48.5 Å². The molecular weight excluding hydrogens is 514 g/mol. The van der Waals surface area contributed by atoms with Gasteiger partial charge in [0, 0.05) is 20.2 Å². The third-order valence-electron chi connectivity index (χ3n) is 6.54. The number of hydrogen-bond acceptors (Lipinski definition) is 7. The number of aryl methyl sites for hydroxylation is 2. The minimum absolute atomic E-state index is 0.0301. The summed E-state index contributed by atoms with van der Waals surface area (Å²) in [5.74, 6) is 0.967. The summed E-state index contributed by atoms with van der Waals surface area (Å²) in [7, 11) is 8.40. The van der Waals surface area contributed by atoms with Gasteiger partial charge < -0.3 is 35.0 Å². The number of nitrogens with one attached hydrogen (secondary N) is 2. The number of nitrogens with zero attached hydrogens (tertiary/aromatic N) is 1. The van der Waals surface area contributed by atoms with Gasteiger partial charge in [-0.05, 0) is 93.0 Å². The Labute approximate surface area is 251 Å². The number of carbonyl (C=O) groups excluding carboxylic acids is 2. The quantitative estimate of drug-likeness (QED) is 0.429. The fraction of sp³-hybridized carbons (Fsp3) is 0.588. The topological polar surface area (TPSA) is 90.9 Å². The minimum atomic E-state index is -0.0301. The van der Waals surface area contributed by atoms with E-state index in [1.807, 2.05) is 40.7 Å². The van der Waals surface area contributed by atoms with E-state index in [9.17, 15) is 9.59 Å². The van der Waals surface area contributed by atoms with Gasteiger partial charge in [0.25, 0.3) is 0 Å². The molecule has 0 amide bonds. The minimum Gasteiger partial charge on any atom is -0.497 e. The molecule has 3 N–H and O–H groups in total. The molecule has 2 aromatic carbocycles. The van der Waals surface area contributed by atoms with Crippen molar-refractivity contribution in [2.24, 2.45) is 5.41 Å². The molecule has 0 saturated heterocycles. The molecule has 0 aromatic heterocycles. The second kappa shape index (κ2) is 25.2. The fourth-order valence-electron chi connectivity index (χ4n) is 4.27. The molecular formula is C34H59N3O4. The lowest BCUT2D eigenvalue weighted by atomic mass is 9.88. The van der Waals surface area contributed by atoms with Crippen LogP contribution in [0.3, 0.4) is 0 Å². The molecule has 0 spiro atoms. The van der Waals surface area contributed by atoms with E-state index in [4.69, 9.17) is 9.84 Å². The Morgan fingerprint density at radius 3 is 1.83 bits per heavy atom. The first-order valence-electron chi connectivity index (χ1n) is 14.8. The molecule has 7 heteroatoms. The standard InChI is InChI=1S/C11H15NO.C10H12.C7H15NO.C3H7NO.C2H6.CH4O/c1-12-6-5-9-3-4-11(13-2)7-10(9)8-12;1-2-6-10-8-4-3-7-9(10)5-1;1-7(2,3)6(5-9)8-4;1-4-2-3-5;2*1-2/h3-4,7H,5-6,8H2,1-2H3;1-2,5-6H,3-4,7-8H2;5-6,8H,1-4H3;3-4H,2H2,1H3;1-2H3;2H,1H3. The lowest BCUT2D eigenvalue weighted by Gasteiger charge is -2.25. The van der Waals surface area contributed by atoms with Crippen molar-refractivity contribution in [3.8, 4) is 5.75 Å². The maximum Gasteiger partial charge on any atom is 0.137 e. The van der Waals surface area contributed by atoms with Gasteiger partial charge in [0.15, 0.2) is 0 Å². The number of aliphatic hydroxyl groups excluding tert-OH is 1. The Morgan fingerprint density at radius 1 is 0.927 bits per heavy atom. The summed E-state index contributed by atoms with van der Waals surface area (Å²) in [6.45, 7) is 12.8. The molecule has 234 valence electrons. The molecule has 1 unspecified atom stereocenters. The molecule has 2 aliphatic rings. The SMILES string of the molecule is CC.CNC(C=O)C(C)(C)C.CNCC=O.CO.COc1ccc2c(c1)CN(C)CC2.c1ccc2c(c1)CCCC2. The average Bonchev–Trinajstić information content (AvgIpc) is 3.00. The molecule has 1 heterocycles. The van der Waals surface area contributed by atoms with E-state index in [1.54, 1.807) is 32.3 Å². The van der Waals surface area contributed by atoms with E-state index in [2.05, 4.69) is 59.0 Å². The van der Waals surface area contributed by atoms with Gasteiger partial charge in [-0.1, -0.05) is 65.0 Å². The van der Waals surface area contributed by atoms with Gasteiger partial charge in [-0.15, -0.1) is 0 Å². The summed E-state index contributed by atoms with van der Waals surface area (Å²) in [5.41, 5.74) is 6.07. The molecule has 0 radical (unpaired) electrons. The van der Waals surface area contributed by atoms with Crippen molar-refractivity contribution in [3.05, 3.63) is 64.7 Å². The van der Waals surface area contributed by atoms with Crippen molar-refractivity contribution in [1.82, 2.24) is 15.5 Å². The Hall–Kier alpha value is -2.58. The molecule has 2 aromatic rings. The Morgan fingerprint density at radius 2 is 1.46 bits per heavy atom. The number of aliphatic hydroxyl groups is 1. The van der Waals surface area contributed by atoms with Crippen LogP contribution in [0, 0.1) is 5.41 Å². The van der Waals surface area contributed by atoms with Gasteiger partial charge in [-0.25, -0.2) is 0 Å². The number of benzene rings is 2. The van der Waals surface area contributed by atoms with E-state index in [0.29, 0.717) is 6.54 Å². The number of likely N-dealkylation sites (N-methyl/N-ethyl adjacent to an activating group) is 3. The molecule has 0 saturated carbocycles. The van der Waals surface area contributed by atoms with Crippen LogP contribution in [0.1, 0.15) is 69.7 Å². The third-order valence-corrected chi connectivity index (χ3v) is 6.54. The zero-order chi connectivity index (χ0) is 31.7. The Kier molecular flexibility index (Phi) is 24.9. The first kappa shape index (κ1) is 40.6. The van der Waals surface area contributed by atoms with Gasteiger partial charge >= 0.3 is 0 Å². The van der Waals surface area contributed by atoms with Crippen LogP contribution in [0.5, 0.6) is 5.75 Å². The summed E-state index contributed by atoms with van der Waals surface area (Å²) < 4.78 is 5.20. The molecule has 0 bridgehead atoms. The highest BCUT2D eigenvalue weighted by Crippen LogP contribution is 2.23. The number of methoxy groups -OCH3 is 1. The zero-order valence-corrected chi connectivity index (χ0v) is 27.5. The lowest BCUT2D eigenvalue weighted by Crippen LogP contribution is -2.39. The Bertz CT molecular complexity index is 903. The van der Waals surface area contributed by atoms with Gasteiger partial charge in [0.2, 0.25) is 0 Å². The maximum atomic E-state index is 10.3. The normalized spacial score (nSPS) is 13.8. The second-order valence-corrected chi connectivity index (χ2v) is 10.6. The van der Waals surface area contributed by atoms with Crippen LogP contribution in [0.25, 0.3) is 0 Å². The van der Waals surface area contributed by atoms with Crippen LogP contribution in [0.15, 0.2) is 42.5 Å². The van der Waals surface area contributed by atoms with Gasteiger partial charge in [0.05, 0.1) is 19.7 Å². The van der Waals surface area contributed by atoms with Crippen LogP contribution in [-0.2, 0) is 35.4 Å². The smallest absolute Gasteiger partial charge is 0.137 e. The summed E-state index contributed by atoms with van der Waals surface area (Å²) >= 11 is 0. The highest BCUT2D eigenvalue weighted by atomic mass is 16.5. The van der Waals surface area contributed by atoms with Gasteiger partial charge in [0.1, 0.15) is 18.3 Å². The first-order chi connectivity index (χ1) is 19.7.